The fraction of sp³-hybridized carbons (Fsp3) is 0.318. The van der Waals surface area contributed by atoms with Gasteiger partial charge in [-0.15, -0.1) is 0 Å². The van der Waals surface area contributed by atoms with Crippen LogP contribution in [-0.2, 0) is 4.74 Å². The van der Waals surface area contributed by atoms with E-state index < -0.39 is 11.7 Å². The van der Waals surface area contributed by atoms with E-state index in [1.807, 2.05) is 64.1 Å². The van der Waals surface area contributed by atoms with Gasteiger partial charge in [0.2, 0.25) is 0 Å². The second-order valence-electron chi connectivity index (χ2n) is 7.60. The number of rotatable bonds is 4. The number of fused-ring (bicyclic) bond motifs is 1. The summed E-state index contributed by atoms with van der Waals surface area (Å²) in [5.41, 5.74) is 4.17. The standard InChI is InChI=1S/C22H23Cl2NO2/c1-13-17(14-5-7-16(23)8-6-14)9-15-10-18(19(24)11-20(15)25-13)21(12-26)27-22(2,3)4/h5-11,21,26H,12H2,1-4H3. The minimum atomic E-state index is -0.498. The number of aliphatic hydroxyl groups excluding tert-OH is 1. The predicted octanol–water partition coefficient (Wildman–Crippen LogP) is 6.37. The molecular weight excluding hydrogens is 381 g/mol. The minimum absolute atomic E-state index is 0.147. The van der Waals surface area contributed by atoms with E-state index in [9.17, 15) is 5.11 Å². The topological polar surface area (TPSA) is 42.4 Å². The van der Waals surface area contributed by atoms with E-state index in [0.717, 1.165) is 33.3 Å². The van der Waals surface area contributed by atoms with Crippen LogP contribution in [-0.4, -0.2) is 22.3 Å². The van der Waals surface area contributed by atoms with Gasteiger partial charge in [0, 0.05) is 32.3 Å². The zero-order chi connectivity index (χ0) is 19.8. The number of benzene rings is 2. The van der Waals surface area contributed by atoms with Crippen LogP contribution in [0.4, 0.5) is 0 Å². The van der Waals surface area contributed by atoms with Crippen LogP contribution in [0.3, 0.4) is 0 Å². The Hall–Kier alpha value is -1.65. The number of halogens is 2. The zero-order valence-electron chi connectivity index (χ0n) is 15.9. The van der Waals surface area contributed by atoms with Gasteiger partial charge in [-0.25, -0.2) is 0 Å². The Labute approximate surface area is 169 Å². The number of pyridine rings is 1. The smallest absolute Gasteiger partial charge is 0.108 e. The highest BCUT2D eigenvalue weighted by Crippen LogP contribution is 2.34. The summed E-state index contributed by atoms with van der Waals surface area (Å²) in [5.74, 6) is 0. The molecule has 3 aromatic rings. The second-order valence-corrected chi connectivity index (χ2v) is 8.44. The van der Waals surface area contributed by atoms with Gasteiger partial charge in [0.05, 0.1) is 17.7 Å². The van der Waals surface area contributed by atoms with E-state index in [2.05, 4.69) is 6.07 Å². The van der Waals surface area contributed by atoms with Crippen molar-refractivity contribution in [2.45, 2.75) is 39.4 Å². The first-order valence-electron chi connectivity index (χ1n) is 8.83. The average Bonchev–Trinajstić information content (AvgIpc) is 2.59. The van der Waals surface area contributed by atoms with Crippen molar-refractivity contribution in [3.63, 3.8) is 0 Å². The molecule has 0 aliphatic rings. The van der Waals surface area contributed by atoms with Gasteiger partial charge in [0.25, 0.3) is 0 Å². The van der Waals surface area contributed by atoms with E-state index >= 15 is 0 Å². The summed E-state index contributed by atoms with van der Waals surface area (Å²) in [5, 5.41) is 12.0. The van der Waals surface area contributed by atoms with Crippen molar-refractivity contribution in [2.75, 3.05) is 6.61 Å². The summed E-state index contributed by atoms with van der Waals surface area (Å²) in [6, 6.07) is 13.6. The molecule has 0 amide bonds. The third-order valence-corrected chi connectivity index (χ3v) is 4.87. The monoisotopic (exact) mass is 403 g/mol. The van der Waals surface area contributed by atoms with E-state index in [0.29, 0.717) is 10.0 Å². The summed E-state index contributed by atoms with van der Waals surface area (Å²) in [7, 11) is 0. The van der Waals surface area contributed by atoms with Crippen molar-refractivity contribution in [3.05, 3.63) is 63.8 Å². The third-order valence-electron chi connectivity index (χ3n) is 4.29. The molecule has 0 spiro atoms. The molecule has 1 N–H and O–H groups in total. The summed E-state index contributed by atoms with van der Waals surface area (Å²) in [4.78, 5) is 4.72. The Balaban J connectivity index is 2.12. The molecule has 3 rings (SSSR count). The van der Waals surface area contributed by atoms with E-state index in [1.54, 1.807) is 0 Å². The van der Waals surface area contributed by atoms with Crippen molar-refractivity contribution in [2.24, 2.45) is 0 Å². The molecule has 0 bridgehead atoms. The van der Waals surface area contributed by atoms with Crippen molar-refractivity contribution in [1.29, 1.82) is 0 Å². The van der Waals surface area contributed by atoms with Crippen LogP contribution in [0.2, 0.25) is 10.0 Å². The number of nitrogens with zero attached hydrogens (tertiary/aromatic N) is 1. The highest BCUT2D eigenvalue weighted by molar-refractivity contribution is 6.32. The molecule has 0 saturated carbocycles. The number of hydrogen-bond acceptors (Lipinski definition) is 3. The van der Waals surface area contributed by atoms with Crippen LogP contribution in [0.5, 0.6) is 0 Å². The van der Waals surface area contributed by atoms with Gasteiger partial charge in [0.1, 0.15) is 6.10 Å². The molecule has 3 nitrogen and oxygen atoms in total. The van der Waals surface area contributed by atoms with Gasteiger partial charge in [0.15, 0.2) is 0 Å². The van der Waals surface area contributed by atoms with Crippen molar-refractivity contribution in [3.8, 4) is 11.1 Å². The van der Waals surface area contributed by atoms with Crippen molar-refractivity contribution >= 4 is 34.1 Å². The first-order valence-corrected chi connectivity index (χ1v) is 9.59. The lowest BCUT2D eigenvalue weighted by molar-refractivity contribution is -0.0821. The van der Waals surface area contributed by atoms with Crippen LogP contribution in [0.15, 0.2) is 42.5 Å². The van der Waals surface area contributed by atoms with E-state index in [4.69, 9.17) is 32.9 Å². The van der Waals surface area contributed by atoms with Crippen LogP contribution in [0.25, 0.3) is 22.0 Å². The Kier molecular flexibility index (Phi) is 5.78. The highest BCUT2D eigenvalue weighted by atomic mass is 35.5. The molecule has 0 radical (unpaired) electrons. The summed E-state index contributed by atoms with van der Waals surface area (Å²) < 4.78 is 5.99. The summed E-state index contributed by atoms with van der Waals surface area (Å²) >= 11 is 12.5. The second kappa shape index (κ2) is 7.76. The van der Waals surface area contributed by atoms with Gasteiger partial charge >= 0.3 is 0 Å². The molecule has 0 aliphatic carbocycles. The molecule has 1 heterocycles. The first-order chi connectivity index (χ1) is 12.7. The van der Waals surface area contributed by atoms with Crippen LogP contribution >= 0.6 is 23.2 Å². The molecular formula is C22H23Cl2NO2. The maximum atomic E-state index is 9.83. The molecule has 1 unspecified atom stereocenters. The van der Waals surface area contributed by atoms with Gasteiger partial charge in [-0.1, -0.05) is 35.3 Å². The van der Waals surface area contributed by atoms with E-state index in [-0.39, 0.29) is 6.61 Å². The lowest BCUT2D eigenvalue weighted by atomic mass is 9.99. The van der Waals surface area contributed by atoms with Gasteiger partial charge in [-0.05, 0) is 63.6 Å². The molecule has 0 fully saturated rings. The molecule has 142 valence electrons. The molecule has 1 aromatic heterocycles. The van der Waals surface area contributed by atoms with Crippen LogP contribution in [0.1, 0.15) is 38.1 Å². The predicted molar refractivity (Wildman–Crippen MR) is 113 cm³/mol. The lowest BCUT2D eigenvalue weighted by Gasteiger charge is -2.27. The zero-order valence-corrected chi connectivity index (χ0v) is 17.4. The molecule has 27 heavy (non-hydrogen) atoms. The highest BCUT2D eigenvalue weighted by Gasteiger charge is 2.22. The lowest BCUT2D eigenvalue weighted by Crippen LogP contribution is -2.24. The molecule has 2 aromatic carbocycles. The van der Waals surface area contributed by atoms with Crippen LogP contribution in [0, 0.1) is 6.92 Å². The quantitative estimate of drug-likeness (QED) is 0.550. The van der Waals surface area contributed by atoms with Gasteiger partial charge < -0.3 is 9.84 Å². The maximum Gasteiger partial charge on any atom is 0.108 e. The number of aryl methyl sites for hydroxylation is 1. The SMILES string of the molecule is Cc1nc2cc(Cl)c(C(CO)OC(C)(C)C)cc2cc1-c1ccc(Cl)cc1. The normalized spacial score (nSPS) is 13.1. The average molecular weight is 404 g/mol. The fourth-order valence-electron chi connectivity index (χ4n) is 3.10. The third kappa shape index (κ3) is 4.61. The number of aromatic nitrogens is 1. The van der Waals surface area contributed by atoms with Gasteiger partial charge in [-0.3, -0.25) is 4.98 Å². The Morgan fingerprint density at radius 2 is 1.74 bits per heavy atom. The van der Waals surface area contributed by atoms with Crippen molar-refractivity contribution < 1.29 is 9.84 Å². The molecule has 0 aliphatic heterocycles. The largest absolute Gasteiger partial charge is 0.393 e. The first kappa shape index (κ1) is 20.1. The minimum Gasteiger partial charge on any atom is -0.393 e. The molecule has 5 heteroatoms. The van der Waals surface area contributed by atoms with Gasteiger partial charge in [-0.2, -0.15) is 0 Å². The molecule has 1 atom stereocenters. The summed E-state index contributed by atoms with van der Waals surface area (Å²) in [6.07, 6.45) is -0.498. The molecule has 0 saturated heterocycles. The number of ether oxygens (including phenoxy) is 1. The number of hydrogen-bond donors (Lipinski definition) is 1. The summed E-state index contributed by atoms with van der Waals surface area (Å²) in [6.45, 7) is 7.69. The Morgan fingerprint density at radius 3 is 2.33 bits per heavy atom. The Bertz CT molecular complexity index is 963. The maximum absolute atomic E-state index is 9.83. The van der Waals surface area contributed by atoms with Crippen LogP contribution < -0.4 is 0 Å². The van der Waals surface area contributed by atoms with E-state index in [1.165, 1.54) is 0 Å². The fourth-order valence-corrected chi connectivity index (χ4v) is 3.51. The van der Waals surface area contributed by atoms with Crippen molar-refractivity contribution in [1.82, 2.24) is 4.98 Å². The Morgan fingerprint density at radius 1 is 1.07 bits per heavy atom. The number of aliphatic hydroxyl groups is 1.